The lowest BCUT2D eigenvalue weighted by molar-refractivity contribution is -0.313. The zero-order valence-corrected chi connectivity index (χ0v) is 14.5. The SMILES string of the molecule is CC1(C)CCCC(C)(C)N1OC1(I)CCCCC1. The Hall–Kier alpha value is 0.650. The van der Waals surface area contributed by atoms with Crippen molar-refractivity contribution < 1.29 is 4.84 Å². The Morgan fingerprint density at radius 3 is 1.78 bits per heavy atom. The van der Waals surface area contributed by atoms with Crippen LogP contribution in [0.25, 0.3) is 0 Å². The quantitative estimate of drug-likeness (QED) is 0.501. The van der Waals surface area contributed by atoms with Gasteiger partial charge in [-0.1, -0.05) is 6.42 Å². The summed E-state index contributed by atoms with van der Waals surface area (Å²) in [5, 5.41) is 2.33. The summed E-state index contributed by atoms with van der Waals surface area (Å²) < 4.78 is 0.0435. The van der Waals surface area contributed by atoms with Crippen LogP contribution in [0.4, 0.5) is 0 Å². The molecule has 1 heterocycles. The molecule has 0 unspecified atom stereocenters. The number of hydrogen-bond acceptors (Lipinski definition) is 2. The topological polar surface area (TPSA) is 12.5 Å². The number of alkyl halides is 1. The van der Waals surface area contributed by atoms with Crippen LogP contribution in [0.3, 0.4) is 0 Å². The summed E-state index contributed by atoms with van der Waals surface area (Å²) >= 11 is 2.56. The van der Waals surface area contributed by atoms with Gasteiger partial charge in [0.25, 0.3) is 0 Å². The molecule has 2 aliphatic rings. The van der Waals surface area contributed by atoms with E-state index in [4.69, 9.17) is 4.84 Å². The van der Waals surface area contributed by atoms with E-state index in [-0.39, 0.29) is 14.7 Å². The molecule has 1 aliphatic carbocycles. The third-order valence-corrected chi connectivity index (χ3v) is 5.81. The molecule has 1 saturated heterocycles. The van der Waals surface area contributed by atoms with Crippen molar-refractivity contribution >= 4 is 22.6 Å². The number of hydroxylamine groups is 2. The van der Waals surface area contributed by atoms with Gasteiger partial charge in [0.2, 0.25) is 0 Å². The van der Waals surface area contributed by atoms with Crippen LogP contribution in [0, 0.1) is 0 Å². The highest BCUT2D eigenvalue weighted by Gasteiger charge is 2.46. The fourth-order valence-corrected chi connectivity index (χ4v) is 4.52. The van der Waals surface area contributed by atoms with Crippen LogP contribution in [0.1, 0.15) is 79.1 Å². The summed E-state index contributed by atoms with van der Waals surface area (Å²) in [4.78, 5) is 6.57. The molecule has 106 valence electrons. The minimum absolute atomic E-state index is 0.0435. The number of rotatable bonds is 2. The summed E-state index contributed by atoms with van der Waals surface area (Å²) in [6.07, 6.45) is 10.2. The smallest absolute Gasteiger partial charge is 0.140 e. The van der Waals surface area contributed by atoms with E-state index >= 15 is 0 Å². The number of halogens is 1. The highest BCUT2D eigenvalue weighted by Crippen LogP contribution is 2.45. The Morgan fingerprint density at radius 1 is 0.778 bits per heavy atom. The van der Waals surface area contributed by atoms with Gasteiger partial charge >= 0.3 is 0 Å². The molecule has 1 aliphatic heterocycles. The third-order valence-electron chi connectivity index (χ3n) is 4.53. The predicted molar refractivity (Wildman–Crippen MR) is 84.8 cm³/mol. The molecule has 0 aromatic carbocycles. The molecule has 0 atom stereocenters. The van der Waals surface area contributed by atoms with Gasteiger partial charge in [-0.05, 0) is 95.2 Å². The van der Waals surface area contributed by atoms with Crippen molar-refractivity contribution in [3.63, 3.8) is 0 Å². The molecule has 0 bridgehead atoms. The summed E-state index contributed by atoms with van der Waals surface area (Å²) in [7, 11) is 0. The highest BCUT2D eigenvalue weighted by molar-refractivity contribution is 14.1. The van der Waals surface area contributed by atoms with E-state index in [1.54, 1.807) is 0 Å². The van der Waals surface area contributed by atoms with Crippen LogP contribution in [-0.4, -0.2) is 19.7 Å². The molecule has 0 radical (unpaired) electrons. The lowest BCUT2D eigenvalue weighted by Gasteiger charge is -2.54. The summed E-state index contributed by atoms with van der Waals surface area (Å²) in [6.45, 7) is 9.32. The van der Waals surface area contributed by atoms with Crippen LogP contribution in [0.15, 0.2) is 0 Å². The van der Waals surface area contributed by atoms with Crippen LogP contribution in [0.2, 0.25) is 0 Å². The predicted octanol–water partition coefficient (Wildman–Crippen LogP) is 5.06. The molecule has 3 heteroatoms. The van der Waals surface area contributed by atoms with Crippen LogP contribution in [0.5, 0.6) is 0 Å². The van der Waals surface area contributed by atoms with Gasteiger partial charge in [-0.15, -0.1) is 0 Å². The molecular formula is C15H28INO. The average molecular weight is 365 g/mol. The van der Waals surface area contributed by atoms with Gasteiger partial charge in [-0.25, -0.2) is 0 Å². The zero-order valence-electron chi connectivity index (χ0n) is 12.4. The van der Waals surface area contributed by atoms with E-state index in [9.17, 15) is 0 Å². The fraction of sp³-hybridized carbons (Fsp3) is 1.00. The van der Waals surface area contributed by atoms with Crippen molar-refractivity contribution in [2.24, 2.45) is 0 Å². The molecular weight excluding hydrogens is 337 g/mol. The minimum atomic E-state index is 0.0435. The Morgan fingerprint density at radius 2 is 1.28 bits per heavy atom. The first-order valence-corrected chi connectivity index (χ1v) is 8.52. The van der Waals surface area contributed by atoms with Gasteiger partial charge in [0, 0.05) is 11.1 Å². The van der Waals surface area contributed by atoms with Gasteiger partial charge in [0.1, 0.15) is 3.61 Å². The maximum atomic E-state index is 6.57. The van der Waals surface area contributed by atoms with Crippen molar-refractivity contribution in [3.05, 3.63) is 0 Å². The second-order valence-electron chi connectivity index (χ2n) is 7.31. The Bertz CT molecular complexity index is 279. The van der Waals surface area contributed by atoms with Gasteiger partial charge in [0.05, 0.1) is 0 Å². The summed E-state index contributed by atoms with van der Waals surface area (Å²) in [6, 6.07) is 0. The van der Waals surface area contributed by atoms with Gasteiger partial charge in [-0.3, -0.25) is 4.84 Å². The lowest BCUT2D eigenvalue weighted by Crippen LogP contribution is -2.60. The molecule has 2 rings (SSSR count). The molecule has 0 spiro atoms. The maximum Gasteiger partial charge on any atom is 0.140 e. The molecule has 2 fully saturated rings. The first kappa shape index (κ1) is 15.0. The van der Waals surface area contributed by atoms with Crippen molar-refractivity contribution in [1.29, 1.82) is 0 Å². The van der Waals surface area contributed by atoms with E-state index in [0.717, 1.165) is 0 Å². The number of nitrogens with zero attached hydrogens (tertiary/aromatic N) is 1. The molecule has 0 aromatic rings. The largest absolute Gasteiger partial charge is 0.281 e. The molecule has 1 saturated carbocycles. The van der Waals surface area contributed by atoms with Crippen molar-refractivity contribution in [3.8, 4) is 0 Å². The molecule has 2 nitrogen and oxygen atoms in total. The van der Waals surface area contributed by atoms with E-state index in [1.807, 2.05) is 0 Å². The normalized spacial score (nSPS) is 31.2. The van der Waals surface area contributed by atoms with E-state index in [0.29, 0.717) is 0 Å². The van der Waals surface area contributed by atoms with Gasteiger partial charge < -0.3 is 0 Å². The lowest BCUT2D eigenvalue weighted by atomic mass is 9.82. The second-order valence-corrected chi connectivity index (χ2v) is 9.27. The van der Waals surface area contributed by atoms with E-state index in [2.05, 4.69) is 55.3 Å². The average Bonchev–Trinajstić information content (AvgIpc) is 2.24. The van der Waals surface area contributed by atoms with Crippen LogP contribution < -0.4 is 0 Å². The third kappa shape index (κ3) is 3.21. The number of hydrogen-bond donors (Lipinski definition) is 0. The molecule has 0 amide bonds. The van der Waals surface area contributed by atoms with E-state index < -0.39 is 0 Å². The first-order valence-electron chi connectivity index (χ1n) is 7.44. The Balaban J connectivity index is 2.13. The van der Waals surface area contributed by atoms with Gasteiger partial charge in [-0.2, -0.15) is 5.06 Å². The zero-order chi connectivity index (χ0) is 13.4. The van der Waals surface area contributed by atoms with Crippen molar-refractivity contribution in [2.75, 3.05) is 0 Å². The van der Waals surface area contributed by atoms with E-state index in [1.165, 1.54) is 51.4 Å². The van der Waals surface area contributed by atoms with Crippen molar-refractivity contribution in [1.82, 2.24) is 5.06 Å². The second kappa shape index (κ2) is 5.21. The Labute approximate surface area is 126 Å². The standard InChI is InChI=1S/C15H28INO/c1-13(2)9-8-10-14(3,4)17(13)18-15(16)11-6-5-7-12-15/h5-12H2,1-4H3. The first-order chi connectivity index (χ1) is 8.25. The van der Waals surface area contributed by atoms with Crippen LogP contribution in [-0.2, 0) is 4.84 Å². The molecule has 0 aromatic heterocycles. The minimum Gasteiger partial charge on any atom is -0.281 e. The van der Waals surface area contributed by atoms with Gasteiger partial charge in [0.15, 0.2) is 0 Å². The molecule has 18 heavy (non-hydrogen) atoms. The number of piperidine rings is 1. The fourth-order valence-electron chi connectivity index (χ4n) is 3.56. The Kier molecular flexibility index (Phi) is 4.35. The maximum absolute atomic E-state index is 6.57. The van der Waals surface area contributed by atoms with Crippen LogP contribution >= 0.6 is 22.6 Å². The summed E-state index contributed by atoms with van der Waals surface area (Å²) in [5.41, 5.74) is 0.328. The molecule has 0 N–H and O–H groups in total. The van der Waals surface area contributed by atoms with Crippen molar-refractivity contribution in [2.45, 2.75) is 93.7 Å². The summed E-state index contributed by atoms with van der Waals surface area (Å²) in [5.74, 6) is 0. The highest BCUT2D eigenvalue weighted by atomic mass is 127. The monoisotopic (exact) mass is 365 g/mol.